The fourth-order valence-electron chi connectivity index (χ4n) is 2.97. The van der Waals surface area contributed by atoms with Gasteiger partial charge in [0.25, 0.3) is 0 Å². The molecule has 0 radical (unpaired) electrons. The molecular formula is C19H31N3O. The third kappa shape index (κ3) is 6.22. The van der Waals surface area contributed by atoms with Crippen molar-refractivity contribution in [3.05, 3.63) is 35.4 Å². The molecule has 0 aromatic heterocycles. The Morgan fingerprint density at radius 1 is 1.09 bits per heavy atom. The molecule has 0 aliphatic heterocycles. The molecule has 23 heavy (non-hydrogen) atoms. The zero-order valence-electron chi connectivity index (χ0n) is 14.5. The summed E-state index contributed by atoms with van der Waals surface area (Å²) in [5.41, 5.74) is 2.72. The highest BCUT2D eigenvalue weighted by Gasteiger charge is 2.19. The van der Waals surface area contributed by atoms with Crippen LogP contribution in [0.3, 0.4) is 0 Å². The topological polar surface area (TPSA) is 56.7 Å². The lowest BCUT2D eigenvalue weighted by Crippen LogP contribution is -2.45. The minimum absolute atomic E-state index is 0.112. The van der Waals surface area contributed by atoms with E-state index in [-0.39, 0.29) is 6.10 Å². The molecule has 0 atom stereocenters. The average Bonchev–Trinajstić information content (AvgIpc) is 2.58. The molecule has 1 aliphatic rings. The van der Waals surface area contributed by atoms with Gasteiger partial charge < -0.3 is 15.7 Å². The van der Waals surface area contributed by atoms with E-state index in [1.807, 2.05) is 0 Å². The first-order valence-corrected chi connectivity index (χ1v) is 9.02. The number of nitrogens with one attached hydrogen (secondary N) is 2. The van der Waals surface area contributed by atoms with Crippen molar-refractivity contribution in [2.75, 3.05) is 13.1 Å². The summed E-state index contributed by atoms with van der Waals surface area (Å²) in [5.74, 6) is 0.902. The van der Waals surface area contributed by atoms with Crippen molar-refractivity contribution >= 4 is 5.96 Å². The van der Waals surface area contributed by atoms with E-state index in [0.717, 1.165) is 57.6 Å². The number of hydrogen-bond acceptors (Lipinski definition) is 2. The summed E-state index contributed by atoms with van der Waals surface area (Å²) in [6.45, 7) is 5.92. The summed E-state index contributed by atoms with van der Waals surface area (Å²) >= 11 is 0. The maximum Gasteiger partial charge on any atom is 0.191 e. The molecule has 1 saturated carbocycles. The molecule has 0 bridgehead atoms. The van der Waals surface area contributed by atoms with Crippen molar-refractivity contribution in [1.82, 2.24) is 10.6 Å². The number of benzene rings is 1. The van der Waals surface area contributed by atoms with Crippen LogP contribution in [0.5, 0.6) is 0 Å². The lowest BCUT2D eigenvalue weighted by atomic mass is 9.93. The van der Waals surface area contributed by atoms with E-state index in [9.17, 15) is 5.11 Å². The number of nitrogens with zero attached hydrogens (tertiary/aromatic N) is 1. The van der Waals surface area contributed by atoms with E-state index in [4.69, 9.17) is 4.99 Å². The van der Waals surface area contributed by atoms with Gasteiger partial charge in [-0.3, -0.25) is 4.99 Å². The Bertz CT molecular complexity index is 476. The van der Waals surface area contributed by atoms with Crippen molar-refractivity contribution in [3.63, 3.8) is 0 Å². The summed E-state index contributed by atoms with van der Waals surface area (Å²) in [6, 6.07) is 9.25. The smallest absolute Gasteiger partial charge is 0.191 e. The number of aliphatic hydroxyl groups excluding tert-OH is 1. The van der Waals surface area contributed by atoms with Crippen LogP contribution in [-0.2, 0) is 12.8 Å². The van der Waals surface area contributed by atoms with Gasteiger partial charge in [0.15, 0.2) is 5.96 Å². The summed E-state index contributed by atoms with van der Waals surface area (Å²) in [6.07, 6.45) is 5.75. The van der Waals surface area contributed by atoms with E-state index in [1.54, 1.807) is 0 Å². The highest BCUT2D eigenvalue weighted by molar-refractivity contribution is 5.80. The van der Waals surface area contributed by atoms with Crippen LogP contribution in [0.25, 0.3) is 0 Å². The molecule has 4 heteroatoms. The second-order valence-electron chi connectivity index (χ2n) is 6.33. The molecule has 0 saturated heterocycles. The standard InChI is InChI=1S/C19H31N3O/c1-3-15-5-7-16(8-6-15)13-14-21-19(20-4-2)22-17-9-11-18(23)12-10-17/h5-8,17-18,23H,3-4,9-14H2,1-2H3,(H2,20,21,22). The normalized spacial score (nSPS) is 22.0. The van der Waals surface area contributed by atoms with Gasteiger partial charge in [0.1, 0.15) is 0 Å². The van der Waals surface area contributed by atoms with Crippen LogP contribution in [0, 0.1) is 0 Å². The molecule has 0 amide bonds. The number of guanidine groups is 1. The predicted molar refractivity (Wildman–Crippen MR) is 96.9 cm³/mol. The van der Waals surface area contributed by atoms with Crippen molar-refractivity contribution in [1.29, 1.82) is 0 Å². The Kier molecular flexibility index (Phi) is 7.40. The van der Waals surface area contributed by atoms with Gasteiger partial charge in [-0.05, 0) is 56.6 Å². The summed E-state index contributed by atoms with van der Waals surface area (Å²) in [5, 5.41) is 16.4. The molecule has 1 aromatic carbocycles. The molecular weight excluding hydrogens is 286 g/mol. The third-order valence-corrected chi connectivity index (χ3v) is 4.48. The van der Waals surface area contributed by atoms with Crippen molar-refractivity contribution in [2.45, 2.75) is 64.5 Å². The highest BCUT2D eigenvalue weighted by Crippen LogP contribution is 2.18. The maximum absolute atomic E-state index is 9.60. The second-order valence-corrected chi connectivity index (χ2v) is 6.33. The molecule has 0 unspecified atom stereocenters. The Morgan fingerprint density at radius 3 is 2.35 bits per heavy atom. The Morgan fingerprint density at radius 2 is 1.74 bits per heavy atom. The van der Waals surface area contributed by atoms with Crippen LogP contribution in [0.2, 0.25) is 0 Å². The first-order valence-electron chi connectivity index (χ1n) is 9.02. The second kappa shape index (κ2) is 9.56. The number of hydrogen-bond donors (Lipinski definition) is 3. The summed E-state index contributed by atoms with van der Waals surface area (Å²) in [4.78, 5) is 4.70. The van der Waals surface area contributed by atoms with Crippen LogP contribution in [0.1, 0.15) is 50.7 Å². The van der Waals surface area contributed by atoms with Gasteiger partial charge in [-0.15, -0.1) is 0 Å². The number of aliphatic hydroxyl groups is 1. The number of rotatable bonds is 6. The molecule has 1 fully saturated rings. The largest absolute Gasteiger partial charge is 0.393 e. The van der Waals surface area contributed by atoms with Crippen molar-refractivity contribution in [3.8, 4) is 0 Å². The van der Waals surface area contributed by atoms with Crippen LogP contribution >= 0.6 is 0 Å². The predicted octanol–water partition coefficient (Wildman–Crippen LogP) is 2.65. The maximum atomic E-state index is 9.60. The molecule has 0 heterocycles. The van der Waals surface area contributed by atoms with Crippen LogP contribution in [0.4, 0.5) is 0 Å². The van der Waals surface area contributed by atoms with Gasteiger partial charge in [0, 0.05) is 19.1 Å². The minimum Gasteiger partial charge on any atom is -0.393 e. The highest BCUT2D eigenvalue weighted by atomic mass is 16.3. The van der Waals surface area contributed by atoms with E-state index in [1.165, 1.54) is 11.1 Å². The van der Waals surface area contributed by atoms with E-state index in [0.29, 0.717) is 6.04 Å². The third-order valence-electron chi connectivity index (χ3n) is 4.48. The molecule has 0 spiro atoms. The van der Waals surface area contributed by atoms with Crippen LogP contribution in [0.15, 0.2) is 29.3 Å². The van der Waals surface area contributed by atoms with Crippen molar-refractivity contribution in [2.24, 2.45) is 4.99 Å². The molecule has 128 valence electrons. The lowest BCUT2D eigenvalue weighted by molar-refractivity contribution is 0.120. The monoisotopic (exact) mass is 317 g/mol. The van der Waals surface area contributed by atoms with Gasteiger partial charge in [-0.2, -0.15) is 0 Å². The molecule has 4 nitrogen and oxygen atoms in total. The molecule has 3 N–H and O–H groups in total. The van der Waals surface area contributed by atoms with Gasteiger partial charge in [-0.25, -0.2) is 0 Å². The first-order chi connectivity index (χ1) is 11.2. The summed E-state index contributed by atoms with van der Waals surface area (Å²) < 4.78 is 0. The molecule has 1 aliphatic carbocycles. The number of aryl methyl sites for hydroxylation is 1. The number of aliphatic imine (C=N–C) groups is 1. The minimum atomic E-state index is -0.112. The first kappa shape index (κ1) is 17.8. The van der Waals surface area contributed by atoms with E-state index < -0.39 is 0 Å². The molecule has 1 aromatic rings. The SMILES string of the molecule is CCNC(=NCCc1ccc(CC)cc1)NC1CCC(O)CC1. The van der Waals surface area contributed by atoms with Gasteiger partial charge in [-0.1, -0.05) is 31.2 Å². The van der Waals surface area contributed by atoms with Crippen molar-refractivity contribution < 1.29 is 5.11 Å². The Hall–Kier alpha value is -1.55. The fourth-order valence-corrected chi connectivity index (χ4v) is 2.97. The van der Waals surface area contributed by atoms with Gasteiger partial charge in [0.2, 0.25) is 0 Å². The van der Waals surface area contributed by atoms with Gasteiger partial charge >= 0.3 is 0 Å². The van der Waals surface area contributed by atoms with E-state index >= 15 is 0 Å². The summed E-state index contributed by atoms with van der Waals surface area (Å²) in [7, 11) is 0. The van der Waals surface area contributed by atoms with E-state index in [2.05, 4.69) is 48.7 Å². The molecule has 2 rings (SSSR count). The van der Waals surface area contributed by atoms with Gasteiger partial charge in [0.05, 0.1) is 6.10 Å². The zero-order chi connectivity index (χ0) is 16.5. The quantitative estimate of drug-likeness (QED) is 0.558. The lowest BCUT2D eigenvalue weighted by Gasteiger charge is -2.27. The average molecular weight is 317 g/mol. The fraction of sp³-hybridized carbons (Fsp3) is 0.632. The zero-order valence-corrected chi connectivity index (χ0v) is 14.5. The Labute approximate surface area is 140 Å². The van der Waals surface area contributed by atoms with Crippen LogP contribution < -0.4 is 10.6 Å². The van der Waals surface area contributed by atoms with Crippen LogP contribution in [-0.4, -0.2) is 36.3 Å². The Balaban J connectivity index is 1.82.